The monoisotopic (exact) mass is 253 g/mol. The van der Waals surface area contributed by atoms with Crippen LogP contribution in [-0.2, 0) is 11.2 Å². The molecule has 1 aromatic carbocycles. The smallest absolute Gasteiger partial charge is 0.137 e. The number of ether oxygens (including phenoxy) is 1. The number of aliphatic hydroxyl groups is 3. The predicted octanol–water partition coefficient (Wildman–Crippen LogP) is -0.742. The van der Waals surface area contributed by atoms with Crippen molar-refractivity contribution in [1.82, 2.24) is 5.32 Å². The molecule has 4 atom stereocenters. The maximum absolute atomic E-state index is 9.71. The van der Waals surface area contributed by atoms with E-state index >= 15 is 0 Å². The highest BCUT2D eigenvalue weighted by atomic mass is 16.5. The summed E-state index contributed by atoms with van der Waals surface area (Å²) in [5, 5.41) is 31.6. The highest BCUT2D eigenvalue weighted by Gasteiger charge is 2.36. The zero-order valence-electron chi connectivity index (χ0n) is 10.1. The van der Waals surface area contributed by atoms with Gasteiger partial charge in [-0.15, -0.1) is 0 Å². The largest absolute Gasteiger partial charge is 0.388 e. The van der Waals surface area contributed by atoms with Gasteiger partial charge in [0.2, 0.25) is 0 Å². The predicted molar refractivity (Wildman–Crippen MR) is 65.9 cm³/mol. The molecule has 0 radical (unpaired) electrons. The Labute approximate surface area is 106 Å². The molecule has 1 aliphatic rings. The molecule has 5 heteroatoms. The molecule has 1 aromatic rings. The second-order valence-electron chi connectivity index (χ2n) is 4.49. The van der Waals surface area contributed by atoms with E-state index in [-0.39, 0.29) is 6.61 Å². The SMILES string of the molecule is O[C@@H]1[C@H](O)[C@@H](NCCc2ccccc2)OC[C@H]1O. The highest BCUT2D eigenvalue weighted by molar-refractivity contribution is 5.14. The van der Waals surface area contributed by atoms with Crippen molar-refractivity contribution in [3.8, 4) is 0 Å². The average molecular weight is 253 g/mol. The van der Waals surface area contributed by atoms with Crippen LogP contribution < -0.4 is 5.32 Å². The molecule has 1 saturated heterocycles. The van der Waals surface area contributed by atoms with Crippen molar-refractivity contribution in [3.05, 3.63) is 35.9 Å². The van der Waals surface area contributed by atoms with E-state index < -0.39 is 24.5 Å². The lowest BCUT2D eigenvalue weighted by Crippen LogP contribution is -2.58. The van der Waals surface area contributed by atoms with Crippen LogP contribution in [0, 0.1) is 0 Å². The van der Waals surface area contributed by atoms with E-state index in [1.807, 2.05) is 30.3 Å². The molecule has 0 saturated carbocycles. The topological polar surface area (TPSA) is 82.0 Å². The first kappa shape index (κ1) is 13.5. The van der Waals surface area contributed by atoms with Crippen molar-refractivity contribution in [3.63, 3.8) is 0 Å². The van der Waals surface area contributed by atoms with Gasteiger partial charge in [0.05, 0.1) is 6.61 Å². The zero-order valence-corrected chi connectivity index (χ0v) is 10.1. The van der Waals surface area contributed by atoms with Crippen LogP contribution in [-0.4, -0.2) is 53.0 Å². The normalized spacial score (nSPS) is 32.4. The Balaban J connectivity index is 1.77. The average Bonchev–Trinajstić information content (AvgIpc) is 2.40. The summed E-state index contributed by atoms with van der Waals surface area (Å²) in [5.74, 6) is 0. The maximum atomic E-state index is 9.71. The highest BCUT2D eigenvalue weighted by Crippen LogP contribution is 2.13. The van der Waals surface area contributed by atoms with Crippen molar-refractivity contribution in [2.75, 3.05) is 13.2 Å². The van der Waals surface area contributed by atoms with E-state index in [4.69, 9.17) is 4.74 Å². The van der Waals surface area contributed by atoms with E-state index in [9.17, 15) is 15.3 Å². The fourth-order valence-electron chi connectivity index (χ4n) is 1.99. The number of rotatable bonds is 4. The molecular formula is C13H19NO4. The van der Waals surface area contributed by atoms with Crippen LogP contribution in [0.5, 0.6) is 0 Å². The van der Waals surface area contributed by atoms with Gasteiger partial charge in [0.15, 0.2) is 0 Å². The van der Waals surface area contributed by atoms with Gasteiger partial charge in [0.1, 0.15) is 24.5 Å². The Kier molecular flexibility index (Phi) is 4.68. The molecule has 2 rings (SSSR count). The second-order valence-corrected chi connectivity index (χ2v) is 4.49. The van der Waals surface area contributed by atoms with Crippen molar-refractivity contribution in [2.45, 2.75) is 31.0 Å². The number of benzene rings is 1. The summed E-state index contributed by atoms with van der Waals surface area (Å²) in [7, 11) is 0. The second kappa shape index (κ2) is 6.26. The Morgan fingerprint density at radius 1 is 1.11 bits per heavy atom. The van der Waals surface area contributed by atoms with Gasteiger partial charge < -0.3 is 20.1 Å². The van der Waals surface area contributed by atoms with E-state index in [0.29, 0.717) is 6.54 Å². The molecule has 5 nitrogen and oxygen atoms in total. The Morgan fingerprint density at radius 3 is 2.56 bits per heavy atom. The van der Waals surface area contributed by atoms with Gasteiger partial charge in [-0.1, -0.05) is 30.3 Å². The molecule has 0 spiro atoms. The lowest BCUT2D eigenvalue weighted by molar-refractivity contribution is -0.194. The van der Waals surface area contributed by atoms with Gasteiger partial charge in [-0.05, 0) is 12.0 Å². The van der Waals surface area contributed by atoms with Gasteiger partial charge in [-0.2, -0.15) is 0 Å². The Hall–Kier alpha value is -0.980. The maximum Gasteiger partial charge on any atom is 0.137 e. The number of aliphatic hydroxyl groups excluding tert-OH is 3. The Bertz CT molecular complexity index is 359. The van der Waals surface area contributed by atoms with Crippen molar-refractivity contribution in [1.29, 1.82) is 0 Å². The molecule has 4 N–H and O–H groups in total. The minimum Gasteiger partial charge on any atom is -0.388 e. The number of hydrogen-bond acceptors (Lipinski definition) is 5. The van der Waals surface area contributed by atoms with Crippen LogP contribution in [0.1, 0.15) is 5.56 Å². The first-order chi connectivity index (χ1) is 8.68. The minimum atomic E-state index is -1.16. The molecule has 0 aromatic heterocycles. The zero-order chi connectivity index (χ0) is 13.0. The van der Waals surface area contributed by atoms with Crippen molar-refractivity contribution in [2.24, 2.45) is 0 Å². The summed E-state index contributed by atoms with van der Waals surface area (Å²) in [5.41, 5.74) is 1.19. The van der Waals surface area contributed by atoms with Gasteiger partial charge in [-0.3, -0.25) is 5.32 Å². The van der Waals surface area contributed by atoms with Crippen LogP contribution >= 0.6 is 0 Å². The number of nitrogens with one attached hydrogen (secondary N) is 1. The molecule has 100 valence electrons. The van der Waals surface area contributed by atoms with Crippen molar-refractivity contribution >= 4 is 0 Å². The van der Waals surface area contributed by atoms with E-state index in [1.165, 1.54) is 5.56 Å². The third-order valence-corrected chi connectivity index (χ3v) is 3.10. The summed E-state index contributed by atoms with van der Waals surface area (Å²) in [6.07, 6.45) is -3.11. The molecule has 18 heavy (non-hydrogen) atoms. The van der Waals surface area contributed by atoms with Gasteiger partial charge in [0.25, 0.3) is 0 Å². The van der Waals surface area contributed by atoms with Gasteiger partial charge in [-0.25, -0.2) is 0 Å². The van der Waals surface area contributed by atoms with E-state index in [2.05, 4.69) is 5.32 Å². The van der Waals surface area contributed by atoms with Crippen LogP contribution in [0.2, 0.25) is 0 Å². The fourth-order valence-corrected chi connectivity index (χ4v) is 1.99. The fraction of sp³-hybridized carbons (Fsp3) is 0.538. The van der Waals surface area contributed by atoms with Crippen LogP contribution in [0.4, 0.5) is 0 Å². The molecule has 1 heterocycles. The summed E-state index contributed by atoms with van der Waals surface area (Å²) in [6, 6.07) is 9.96. The number of hydrogen-bond donors (Lipinski definition) is 4. The molecule has 1 aliphatic heterocycles. The van der Waals surface area contributed by atoms with Crippen LogP contribution in [0.25, 0.3) is 0 Å². The molecular weight excluding hydrogens is 234 g/mol. The molecule has 0 bridgehead atoms. The lowest BCUT2D eigenvalue weighted by atomic mass is 10.0. The Morgan fingerprint density at radius 2 is 1.83 bits per heavy atom. The molecule has 1 fully saturated rings. The van der Waals surface area contributed by atoms with Crippen LogP contribution in [0.3, 0.4) is 0 Å². The molecule has 0 unspecified atom stereocenters. The van der Waals surface area contributed by atoms with Crippen molar-refractivity contribution < 1.29 is 20.1 Å². The van der Waals surface area contributed by atoms with E-state index in [1.54, 1.807) is 0 Å². The molecule has 0 amide bonds. The van der Waals surface area contributed by atoms with Gasteiger partial charge in [0, 0.05) is 6.54 Å². The third kappa shape index (κ3) is 3.28. The lowest BCUT2D eigenvalue weighted by Gasteiger charge is -2.35. The van der Waals surface area contributed by atoms with Gasteiger partial charge >= 0.3 is 0 Å². The third-order valence-electron chi connectivity index (χ3n) is 3.10. The first-order valence-electron chi connectivity index (χ1n) is 6.11. The van der Waals surface area contributed by atoms with E-state index in [0.717, 1.165) is 6.42 Å². The summed E-state index contributed by atoms with van der Waals surface area (Å²) >= 11 is 0. The molecule has 0 aliphatic carbocycles. The quantitative estimate of drug-likeness (QED) is 0.568. The summed E-state index contributed by atoms with van der Waals surface area (Å²) in [6.45, 7) is 0.662. The standard InChI is InChI=1S/C13H19NO4/c15-10-8-18-13(12(17)11(10)16)14-7-6-9-4-2-1-3-5-9/h1-5,10-17H,6-8H2/t10-,11+,12+,13+/m1/s1. The minimum absolute atomic E-state index is 0.0290. The summed E-state index contributed by atoms with van der Waals surface area (Å²) < 4.78 is 5.24. The van der Waals surface area contributed by atoms with Crippen LogP contribution in [0.15, 0.2) is 30.3 Å². The summed E-state index contributed by atoms with van der Waals surface area (Å²) in [4.78, 5) is 0. The first-order valence-corrected chi connectivity index (χ1v) is 6.11.